The molecule has 2 N–H and O–H groups in total. The molecule has 2 amide bonds. The van der Waals surface area contributed by atoms with Crippen molar-refractivity contribution in [3.05, 3.63) is 57.9 Å². The van der Waals surface area contributed by atoms with E-state index in [1.165, 1.54) is 23.1 Å². The number of hydrogen-bond acceptors (Lipinski definition) is 5. The summed E-state index contributed by atoms with van der Waals surface area (Å²) in [5, 5.41) is 8.74. The predicted molar refractivity (Wildman–Crippen MR) is 141 cm³/mol. The average Bonchev–Trinajstić information content (AvgIpc) is 3.17. The highest BCUT2D eigenvalue weighted by Gasteiger charge is 2.18. The maximum absolute atomic E-state index is 12.7. The molecule has 5 nitrogen and oxygen atoms in total. The van der Waals surface area contributed by atoms with E-state index in [9.17, 15) is 9.59 Å². The van der Waals surface area contributed by atoms with Crippen LogP contribution in [0.25, 0.3) is 11.3 Å². The molecule has 3 aromatic rings. The number of anilines is 2. The Kier molecular flexibility index (Phi) is 8.45. The second-order valence-corrected chi connectivity index (χ2v) is 11.8. The number of nitrogens with zero attached hydrogens (tertiary/aromatic N) is 1. The molecule has 0 aliphatic carbocycles. The van der Waals surface area contributed by atoms with Crippen molar-refractivity contribution in [2.24, 2.45) is 5.41 Å². The molecule has 1 heterocycles. The van der Waals surface area contributed by atoms with Gasteiger partial charge in [-0.15, -0.1) is 23.1 Å². The van der Waals surface area contributed by atoms with Crippen LogP contribution in [0.2, 0.25) is 10.0 Å². The third-order valence-electron chi connectivity index (χ3n) is 4.44. The van der Waals surface area contributed by atoms with E-state index in [1.807, 2.05) is 63.4 Å². The number of hydrogen-bond donors (Lipinski definition) is 2. The van der Waals surface area contributed by atoms with Crippen LogP contribution in [0.3, 0.4) is 0 Å². The molecule has 9 heteroatoms. The first-order valence-corrected chi connectivity index (χ1v) is 12.8. The van der Waals surface area contributed by atoms with Gasteiger partial charge in [-0.1, -0.05) is 56.1 Å². The van der Waals surface area contributed by atoms with Crippen LogP contribution >= 0.6 is 46.3 Å². The van der Waals surface area contributed by atoms with Crippen molar-refractivity contribution in [3.8, 4) is 11.3 Å². The smallest absolute Gasteiger partial charge is 0.239 e. The van der Waals surface area contributed by atoms with Gasteiger partial charge in [0, 0.05) is 27.9 Å². The molecule has 2 aromatic carbocycles. The second kappa shape index (κ2) is 10.9. The molecule has 174 valence electrons. The number of carbonyl (C=O) groups excluding carboxylic acids is 2. The molecule has 0 spiro atoms. The summed E-state index contributed by atoms with van der Waals surface area (Å²) in [5.74, 6) is -0.186. The summed E-state index contributed by atoms with van der Waals surface area (Å²) in [6, 6.07) is 12.8. The van der Waals surface area contributed by atoms with E-state index in [2.05, 4.69) is 15.6 Å². The minimum Gasteiger partial charge on any atom is -0.326 e. The Morgan fingerprint density at radius 1 is 1.09 bits per heavy atom. The van der Waals surface area contributed by atoms with E-state index in [1.54, 1.807) is 12.1 Å². The number of thioether (sulfide) groups is 1. The first-order chi connectivity index (χ1) is 15.5. The van der Waals surface area contributed by atoms with Crippen molar-refractivity contribution in [2.75, 3.05) is 10.6 Å². The predicted octanol–water partition coefficient (Wildman–Crippen LogP) is 7.61. The largest absolute Gasteiger partial charge is 0.326 e. The van der Waals surface area contributed by atoms with E-state index in [0.29, 0.717) is 33.0 Å². The number of amides is 2. The molecule has 33 heavy (non-hydrogen) atoms. The Morgan fingerprint density at radius 2 is 1.85 bits per heavy atom. The van der Waals surface area contributed by atoms with Crippen LogP contribution in [0, 0.1) is 5.41 Å². The topological polar surface area (TPSA) is 71.1 Å². The molecule has 0 radical (unpaired) electrons. The lowest BCUT2D eigenvalue weighted by Crippen LogP contribution is -2.22. The first kappa shape index (κ1) is 25.6. The van der Waals surface area contributed by atoms with E-state index in [-0.39, 0.29) is 22.5 Å². The van der Waals surface area contributed by atoms with E-state index in [4.69, 9.17) is 23.2 Å². The minimum absolute atomic E-state index is 0.0306. The number of nitrogens with one attached hydrogen (secondary N) is 2. The minimum atomic E-state index is -0.358. The summed E-state index contributed by atoms with van der Waals surface area (Å²) in [4.78, 5) is 30.3. The normalized spacial score (nSPS) is 12.3. The van der Waals surface area contributed by atoms with Crippen molar-refractivity contribution in [2.45, 2.75) is 44.3 Å². The average molecular weight is 523 g/mol. The molecule has 0 bridgehead atoms. The quantitative estimate of drug-likeness (QED) is 0.313. The molecular formula is C24H25Cl2N3O2S2. The van der Waals surface area contributed by atoms with Gasteiger partial charge in [0.2, 0.25) is 11.8 Å². The van der Waals surface area contributed by atoms with Crippen LogP contribution in [0.5, 0.6) is 0 Å². The Morgan fingerprint density at radius 3 is 2.55 bits per heavy atom. The second-order valence-electron chi connectivity index (χ2n) is 8.73. The highest BCUT2D eigenvalue weighted by Crippen LogP contribution is 2.31. The van der Waals surface area contributed by atoms with Crippen LogP contribution in [-0.2, 0) is 9.59 Å². The SMILES string of the molecule is CC(Sc1cccc(NC(=O)CC(C)(C)C)c1)C(=O)Nc1nc(-c2ccc(Cl)c(Cl)c2)cs1. The monoisotopic (exact) mass is 521 g/mol. The van der Waals surface area contributed by atoms with Crippen molar-refractivity contribution in [3.63, 3.8) is 0 Å². The number of rotatable bonds is 7. The van der Waals surface area contributed by atoms with Crippen LogP contribution in [-0.4, -0.2) is 22.0 Å². The molecule has 1 unspecified atom stereocenters. The molecular weight excluding hydrogens is 497 g/mol. The van der Waals surface area contributed by atoms with Crippen LogP contribution < -0.4 is 10.6 Å². The van der Waals surface area contributed by atoms with Crippen molar-refractivity contribution >= 4 is 68.9 Å². The zero-order valence-corrected chi connectivity index (χ0v) is 21.9. The summed E-state index contributed by atoms with van der Waals surface area (Å²) in [5.41, 5.74) is 2.17. The van der Waals surface area contributed by atoms with Gasteiger partial charge in [0.15, 0.2) is 5.13 Å². The Labute approximate surface area is 212 Å². The van der Waals surface area contributed by atoms with Crippen molar-refractivity contribution in [1.29, 1.82) is 0 Å². The molecule has 3 rings (SSSR count). The van der Waals surface area contributed by atoms with Crippen LogP contribution in [0.15, 0.2) is 52.7 Å². The van der Waals surface area contributed by atoms with E-state index >= 15 is 0 Å². The zero-order valence-electron chi connectivity index (χ0n) is 18.7. The standard InChI is InChI=1S/C24H25Cl2N3O2S2/c1-14(33-17-7-5-6-16(11-17)27-21(30)12-24(2,3)4)22(31)29-23-28-20(13-32-23)15-8-9-18(25)19(26)10-15/h5-11,13-14H,12H2,1-4H3,(H,27,30)(H,28,29,31). The summed E-state index contributed by atoms with van der Waals surface area (Å²) in [6.07, 6.45) is 0.432. The van der Waals surface area contributed by atoms with Crippen molar-refractivity contribution in [1.82, 2.24) is 4.98 Å². The van der Waals surface area contributed by atoms with E-state index < -0.39 is 0 Å². The lowest BCUT2D eigenvalue weighted by Gasteiger charge is -2.17. The number of carbonyl (C=O) groups is 2. The number of benzene rings is 2. The van der Waals surface area contributed by atoms with Gasteiger partial charge in [-0.3, -0.25) is 9.59 Å². The summed E-state index contributed by atoms with van der Waals surface area (Å²) >= 11 is 14.8. The number of aromatic nitrogens is 1. The molecule has 1 atom stereocenters. The summed E-state index contributed by atoms with van der Waals surface area (Å²) < 4.78 is 0. The van der Waals surface area contributed by atoms with E-state index in [0.717, 1.165) is 10.5 Å². The third kappa shape index (κ3) is 7.74. The van der Waals surface area contributed by atoms with Gasteiger partial charge in [-0.05, 0) is 42.7 Å². The Balaban J connectivity index is 1.59. The third-order valence-corrected chi connectivity index (χ3v) is 7.03. The molecule has 1 aromatic heterocycles. The summed E-state index contributed by atoms with van der Waals surface area (Å²) in [6.45, 7) is 7.90. The molecule has 0 saturated heterocycles. The molecule has 0 fully saturated rings. The lowest BCUT2D eigenvalue weighted by atomic mass is 9.92. The number of thiazole rings is 1. The van der Waals surface area contributed by atoms with Gasteiger partial charge < -0.3 is 10.6 Å². The fraction of sp³-hybridized carbons (Fsp3) is 0.292. The molecule has 0 aliphatic rings. The lowest BCUT2D eigenvalue weighted by molar-refractivity contribution is -0.118. The van der Waals surface area contributed by atoms with Gasteiger partial charge in [-0.2, -0.15) is 0 Å². The van der Waals surface area contributed by atoms with Gasteiger partial charge in [-0.25, -0.2) is 4.98 Å². The Bertz CT molecular complexity index is 1160. The van der Waals surface area contributed by atoms with Crippen LogP contribution in [0.4, 0.5) is 10.8 Å². The van der Waals surface area contributed by atoms with Gasteiger partial charge >= 0.3 is 0 Å². The van der Waals surface area contributed by atoms with Gasteiger partial charge in [0.1, 0.15) is 0 Å². The van der Waals surface area contributed by atoms with Crippen LogP contribution in [0.1, 0.15) is 34.1 Å². The first-order valence-electron chi connectivity index (χ1n) is 10.3. The van der Waals surface area contributed by atoms with Gasteiger partial charge in [0.25, 0.3) is 0 Å². The maximum atomic E-state index is 12.7. The highest BCUT2D eigenvalue weighted by molar-refractivity contribution is 8.00. The fourth-order valence-electron chi connectivity index (χ4n) is 2.92. The van der Waals surface area contributed by atoms with Crippen molar-refractivity contribution < 1.29 is 9.59 Å². The Hall–Kier alpha value is -2.06. The molecule has 0 aliphatic heterocycles. The maximum Gasteiger partial charge on any atom is 0.239 e. The fourth-order valence-corrected chi connectivity index (χ4v) is 4.86. The number of halogens is 2. The zero-order chi connectivity index (χ0) is 24.2. The highest BCUT2D eigenvalue weighted by atomic mass is 35.5. The molecule has 0 saturated carbocycles. The summed E-state index contributed by atoms with van der Waals surface area (Å²) in [7, 11) is 0. The van der Waals surface area contributed by atoms with Gasteiger partial charge in [0.05, 0.1) is 21.0 Å².